The molecule has 23 nitrogen and oxygen atoms in total. The van der Waals surface area contributed by atoms with Gasteiger partial charge in [0.2, 0.25) is 23.7 Å². The highest BCUT2D eigenvalue weighted by atomic mass is 35.5. The fourth-order valence-electron chi connectivity index (χ4n) is 10.6. The third-order valence-corrected chi connectivity index (χ3v) is 18.1. The zero-order valence-electron chi connectivity index (χ0n) is 50.4. The number of carbonyl (C=O) groups excluding carboxylic acids is 3. The van der Waals surface area contributed by atoms with Gasteiger partial charge in [0.15, 0.2) is 27.0 Å². The molecule has 4 aliphatic rings. The summed E-state index contributed by atoms with van der Waals surface area (Å²) in [6.45, 7) is 11.5. The van der Waals surface area contributed by atoms with Gasteiger partial charge in [0.05, 0.1) is 78.0 Å². The molecule has 482 valence electrons. The first-order chi connectivity index (χ1) is 42.9. The molecule has 0 radical (unpaired) electrons. The molecule has 0 spiro atoms. The van der Waals surface area contributed by atoms with Crippen LogP contribution in [0.2, 0.25) is 5.02 Å². The van der Waals surface area contributed by atoms with Crippen molar-refractivity contribution < 1.29 is 69.5 Å². The Kier molecular flexibility index (Phi) is 19.9. The predicted molar refractivity (Wildman–Crippen MR) is 329 cm³/mol. The van der Waals surface area contributed by atoms with Gasteiger partial charge >= 0.3 is 12.3 Å². The summed E-state index contributed by atoms with van der Waals surface area (Å²) in [5, 5.41) is 23.0. The number of para-hydroxylation sites is 1. The maximum atomic E-state index is 14.7. The molecule has 0 bridgehead atoms. The van der Waals surface area contributed by atoms with Crippen LogP contribution < -0.4 is 45.1 Å². The minimum Gasteiger partial charge on any atom is -0.491 e. The Balaban J connectivity index is 0.705. The highest BCUT2D eigenvalue weighted by Gasteiger charge is 2.53. The van der Waals surface area contributed by atoms with E-state index in [1.165, 1.54) is 47.6 Å². The number of sulfone groups is 1. The number of anilines is 4. The summed E-state index contributed by atoms with van der Waals surface area (Å²) in [6, 6.07) is 18.2. The number of halogens is 4. The number of methoxy groups -OCH3 is 1. The van der Waals surface area contributed by atoms with Gasteiger partial charge in [0.1, 0.15) is 24.4 Å². The number of benzene rings is 4. The second-order valence-electron chi connectivity index (χ2n) is 23.3. The van der Waals surface area contributed by atoms with E-state index in [2.05, 4.69) is 41.1 Å². The maximum absolute atomic E-state index is 14.7. The summed E-state index contributed by atoms with van der Waals surface area (Å²) < 4.78 is 103. The van der Waals surface area contributed by atoms with E-state index in [-0.39, 0.29) is 85.2 Å². The predicted octanol–water partition coefficient (Wildman–Crippen LogP) is 7.48. The molecule has 4 aromatic carbocycles. The van der Waals surface area contributed by atoms with Crippen molar-refractivity contribution in [3.8, 4) is 33.7 Å². The van der Waals surface area contributed by atoms with Crippen molar-refractivity contribution in [2.45, 2.75) is 94.6 Å². The highest BCUT2D eigenvalue weighted by molar-refractivity contribution is 7.90. The van der Waals surface area contributed by atoms with Gasteiger partial charge < -0.3 is 64.6 Å². The van der Waals surface area contributed by atoms with E-state index >= 15 is 0 Å². The highest BCUT2D eigenvalue weighted by Crippen LogP contribution is 2.48. The molecule has 1 saturated carbocycles. The molecule has 1 aliphatic carbocycles. The molecule has 5 heterocycles. The molecule has 3 aliphatic heterocycles. The number of thiazole rings is 1. The van der Waals surface area contributed by atoms with Crippen LogP contribution in [0.5, 0.6) is 23.3 Å². The first-order valence-corrected chi connectivity index (χ1v) is 32.4. The minimum absolute atomic E-state index is 0.00926. The van der Waals surface area contributed by atoms with Crippen molar-refractivity contribution >= 4 is 73.8 Å². The zero-order valence-corrected chi connectivity index (χ0v) is 52.8. The van der Waals surface area contributed by atoms with E-state index in [0.717, 1.165) is 22.4 Å². The summed E-state index contributed by atoms with van der Waals surface area (Å²) >= 11 is 8.22. The van der Waals surface area contributed by atoms with Gasteiger partial charge in [0.25, 0.3) is 5.91 Å². The lowest BCUT2D eigenvalue weighted by Crippen LogP contribution is -2.59. The Morgan fingerprint density at radius 3 is 2.32 bits per heavy atom. The number of aliphatic hydroxyl groups is 1. The molecule has 29 heteroatoms. The molecule has 6 aromatic rings. The monoisotopic (exact) mass is 1310 g/mol. The van der Waals surface area contributed by atoms with Crippen LogP contribution >= 0.6 is 22.9 Å². The van der Waals surface area contributed by atoms with Gasteiger partial charge in [-0.1, -0.05) is 74.8 Å². The minimum atomic E-state index is -3.91. The average molecular weight is 1310 g/mol. The van der Waals surface area contributed by atoms with Crippen LogP contribution in [0.1, 0.15) is 68.5 Å². The number of hydrogen-bond donors (Lipinski definition) is 5. The smallest absolute Gasteiger partial charge is 0.491 e. The van der Waals surface area contributed by atoms with Crippen LogP contribution in [0.25, 0.3) is 10.4 Å². The number of rotatable bonds is 26. The number of hydrogen-bond acceptors (Lipinski definition) is 21. The Bertz CT molecular complexity index is 3700. The first-order valence-electron chi connectivity index (χ1n) is 29.2. The summed E-state index contributed by atoms with van der Waals surface area (Å²) in [7, 11) is -2.33. The molecular weight excluding hydrogens is 1240 g/mol. The van der Waals surface area contributed by atoms with E-state index in [1.807, 2.05) is 30.0 Å². The normalized spacial score (nSPS) is 18.4. The number of aromatic nitrogens is 4. The van der Waals surface area contributed by atoms with Crippen molar-refractivity contribution in [1.29, 1.82) is 0 Å². The SMILES string of the molecule is COc1nc(Nc2cc(S(C)(=O)=O)ccc2NC(c2ccccc2Cl)c2cccc3c2OC(F)(F)O3)nc(N2CCN(CCOCCOCCOc3cc(-c4scnc4C)ccc3CNC(=O)[C@@H]3C[C@@H](O)CN3C(=O)[C@@H](NC(=O)C3(F)CC3)C(C)(C)C)CC2)n1. The molecule has 3 fully saturated rings. The Labute approximate surface area is 527 Å². The Morgan fingerprint density at radius 1 is 0.889 bits per heavy atom. The zero-order chi connectivity index (χ0) is 64.1. The van der Waals surface area contributed by atoms with E-state index in [0.29, 0.717) is 86.1 Å². The number of nitrogens with zero attached hydrogens (tertiary/aromatic N) is 7. The van der Waals surface area contributed by atoms with Gasteiger partial charge in [-0.3, -0.25) is 19.3 Å². The third kappa shape index (κ3) is 15.7. The lowest BCUT2D eigenvalue weighted by molar-refractivity contribution is -0.287. The molecule has 90 heavy (non-hydrogen) atoms. The Morgan fingerprint density at radius 2 is 1.62 bits per heavy atom. The Hall–Kier alpha value is -7.60. The second kappa shape index (κ2) is 27.5. The lowest BCUT2D eigenvalue weighted by Gasteiger charge is -2.35. The second-order valence-corrected chi connectivity index (χ2v) is 26.6. The van der Waals surface area contributed by atoms with Gasteiger partial charge in [0, 0.05) is 74.6 Å². The van der Waals surface area contributed by atoms with Crippen molar-refractivity contribution in [1.82, 2.24) is 40.4 Å². The van der Waals surface area contributed by atoms with Crippen LogP contribution in [0.3, 0.4) is 0 Å². The number of likely N-dealkylation sites (tertiary alicyclic amines) is 1. The number of aryl methyl sites for hydroxylation is 1. The van der Waals surface area contributed by atoms with Gasteiger partial charge in [-0.05, 0) is 72.7 Å². The molecule has 4 atom stereocenters. The van der Waals surface area contributed by atoms with Crippen LogP contribution in [0.4, 0.5) is 36.4 Å². The van der Waals surface area contributed by atoms with Crippen molar-refractivity contribution in [3.05, 3.63) is 112 Å². The fourth-order valence-corrected chi connectivity index (χ4v) is 12.3. The lowest BCUT2D eigenvalue weighted by atomic mass is 9.85. The van der Waals surface area contributed by atoms with Crippen molar-refractivity contribution in [3.63, 3.8) is 0 Å². The number of fused-ring (bicyclic) bond motifs is 1. The largest absolute Gasteiger partial charge is 0.586 e. The summed E-state index contributed by atoms with van der Waals surface area (Å²) in [6.07, 6.45) is -3.67. The van der Waals surface area contributed by atoms with Crippen molar-refractivity contribution in [2.75, 3.05) is 101 Å². The summed E-state index contributed by atoms with van der Waals surface area (Å²) in [5.74, 6) is -1.47. The number of carbonyl (C=O) groups is 3. The fraction of sp³-hybridized carbons (Fsp3) is 0.459. The average Bonchev–Trinajstić information content (AvgIpc) is 1.54. The van der Waals surface area contributed by atoms with Gasteiger partial charge in [-0.25, -0.2) is 17.8 Å². The first kappa shape index (κ1) is 65.4. The number of amides is 3. The number of piperazine rings is 1. The van der Waals surface area contributed by atoms with Gasteiger partial charge in [-0.2, -0.15) is 15.0 Å². The molecule has 3 amide bonds. The molecule has 1 unspecified atom stereocenters. The molecule has 5 N–H and O–H groups in total. The van der Waals surface area contributed by atoms with Crippen molar-refractivity contribution in [2.24, 2.45) is 5.41 Å². The van der Waals surface area contributed by atoms with Crippen LogP contribution in [-0.4, -0.2) is 177 Å². The quantitative estimate of drug-likeness (QED) is 0.0329. The third-order valence-electron chi connectivity index (χ3n) is 15.7. The molecule has 10 rings (SSSR count). The van der Waals surface area contributed by atoms with Crippen LogP contribution in [0.15, 0.2) is 89.3 Å². The van der Waals surface area contributed by atoms with E-state index < -0.39 is 69.2 Å². The van der Waals surface area contributed by atoms with Crippen LogP contribution in [-0.2, 0) is 40.2 Å². The number of alkyl halides is 3. The summed E-state index contributed by atoms with van der Waals surface area (Å²) in [4.78, 5) is 65.1. The standard InChI is InChI=1S/C61H71ClF3N11O12S2/c1-36-51(89-35-67-36)37-14-15-38(33-66-53(78)46-31-39(77)34-76(46)54(79)52(59(2,3)4)70-55(80)60(63)18-19-60)48(30-37)86-29-28-85-27-26-84-25-24-74-20-22-75(23-21-74)57-71-56(72-58(73-57)83-5)69-45-32-40(90(6,81)82)16-17-44(45)68-49(41-10-7-8-12-43(41)62)42-11-9-13-47-50(42)88-61(64,65)87-47/h7-17,30,32,35,39,46,49,52,68,77H,18-29,31,33-34H2,1-6H3,(H,66,78)(H,70,80)(H,69,71,72,73)/t39-,46+,49?,52-/m1/s1. The number of nitrogens with one attached hydrogen (secondary N) is 4. The van der Waals surface area contributed by atoms with Gasteiger partial charge in [-0.15, -0.1) is 20.1 Å². The topological polar surface area (TPSA) is 270 Å². The molecule has 2 saturated heterocycles. The van der Waals surface area contributed by atoms with Crippen LogP contribution in [0, 0.1) is 12.3 Å². The molecular formula is C61H71ClF3N11O12S2. The maximum Gasteiger partial charge on any atom is 0.586 e. The van der Waals surface area contributed by atoms with E-state index in [9.17, 15) is 41.1 Å². The number of β-amino-alcohol motifs (C(OH)–C–C–N with tert-alkyl or cyclic N) is 1. The number of ether oxygens (including phenoxy) is 6. The van der Waals surface area contributed by atoms with E-state index in [1.54, 1.807) is 62.7 Å². The van der Waals surface area contributed by atoms with E-state index in [4.69, 9.17) is 45.0 Å². The summed E-state index contributed by atoms with van der Waals surface area (Å²) in [5.41, 5.74) is 2.61. The molecule has 2 aromatic heterocycles. The number of aliphatic hydroxyl groups excluding tert-OH is 1.